The first-order chi connectivity index (χ1) is 13.8. The lowest BCUT2D eigenvalue weighted by atomic mass is 10.1. The van der Waals surface area contributed by atoms with Crippen LogP contribution in [-0.4, -0.2) is 28.1 Å². The van der Waals surface area contributed by atoms with Crippen LogP contribution in [-0.2, 0) is 14.4 Å². The number of benzene rings is 2. The highest BCUT2D eigenvalue weighted by Crippen LogP contribution is 2.29. The van der Waals surface area contributed by atoms with E-state index in [9.17, 15) is 14.4 Å². The fraction of sp³-hybridized carbons (Fsp3) is 0.227. The molecular weight excluding hydrogens is 388 g/mol. The molecule has 0 bridgehead atoms. The maximum atomic E-state index is 12.8. The Morgan fingerprint density at radius 1 is 1.07 bits per heavy atom. The van der Waals surface area contributed by atoms with Gasteiger partial charge in [-0.1, -0.05) is 25.1 Å². The van der Waals surface area contributed by atoms with Gasteiger partial charge in [-0.3, -0.25) is 9.59 Å². The van der Waals surface area contributed by atoms with Crippen molar-refractivity contribution in [3.8, 4) is 0 Å². The largest absolute Gasteiger partial charge is 0.478 e. The van der Waals surface area contributed by atoms with Crippen LogP contribution in [0.5, 0.6) is 0 Å². The van der Waals surface area contributed by atoms with Crippen molar-refractivity contribution in [2.24, 2.45) is 0 Å². The monoisotopic (exact) mass is 412 g/mol. The molecule has 0 aliphatic rings. The highest BCUT2D eigenvalue weighted by atomic mass is 32.2. The van der Waals surface area contributed by atoms with Gasteiger partial charge in [0.05, 0.1) is 5.25 Å². The third-order valence-corrected chi connectivity index (χ3v) is 5.64. The van der Waals surface area contributed by atoms with Gasteiger partial charge in [-0.15, -0.1) is 11.8 Å². The first-order valence-electron chi connectivity index (χ1n) is 9.16. The van der Waals surface area contributed by atoms with Crippen LogP contribution in [0.15, 0.2) is 59.5 Å². The number of carboxylic acids is 1. The van der Waals surface area contributed by atoms with Crippen molar-refractivity contribution in [2.45, 2.75) is 37.3 Å². The molecule has 2 rings (SSSR count). The van der Waals surface area contributed by atoms with Crippen molar-refractivity contribution in [3.05, 3.63) is 65.7 Å². The van der Waals surface area contributed by atoms with E-state index in [0.29, 0.717) is 12.1 Å². The van der Waals surface area contributed by atoms with E-state index in [1.165, 1.54) is 11.8 Å². The van der Waals surface area contributed by atoms with Crippen LogP contribution in [0.3, 0.4) is 0 Å². The van der Waals surface area contributed by atoms with E-state index < -0.39 is 11.9 Å². The summed E-state index contributed by atoms with van der Waals surface area (Å²) in [5.41, 5.74) is 3.49. The number of hydrogen-bond donors (Lipinski definition) is 3. The quantitative estimate of drug-likeness (QED) is 0.441. The summed E-state index contributed by atoms with van der Waals surface area (Å²) in [5.74, 6) is -1.80. The minimum Gasteiger partial charge on any atom is -0.478 e. The molecule has 0 saturated carbocycles. The Balaban J connectivity index is 2.06. The molecule has 3 N–H and O–H groups in total. The normalized spacial score (nSPS) is 11.8. The predicted molar refractivity (Wildman–Crippen MR) is 116 cm³/mol. The molecule has 0 aromatic heterocycles. The second kappa shape index (κ2) is 10.5. The summed E-state index contributed by atoms with van der Waals surface area (Å²) in [6.07, 6.45) is 2.37. The molecular formula is C22H24N2O4S. The van der Waals surface area contributed by atoms with E-state index in [4.69, 9.17) is 5.11 Å². The van der Waals surface area contributed by atoms with Crippen LogP contribution in [0.25, 0.3) is 0 Å². The number of nitrogens with one attached hydrogen (secondary N) is 2. The summed E-state index contributed by atoms with van der Waals surface area (Å²) in [6, 6.07) is 12.9. The van der Waals surface area contributed by atoms with Crippen molar-refractivity contribution in [1.29, 1.82) is 0 Å². The van der Waals surface area contributed by atoms with Gasteiger partial charge in [0.2, 0.25) is 11.8 Å². The van der Waals surface area contributed by atoms with Crippen molar-refractivity contribution in [3.63, 3.8) is 0 Å². The van der Waals surface area contributed by atoms with Crippen LogP contribution < -0.4 is 10.6 Å². The zero-order valence-corrected chi connectivity index (χ0v) is 17.4. The number of carbonyl (C=O) groups is 3. The van der Waals surface area contributed by atoms with Gasteiger partial charge in [0.15, 0.2) is 0 Å². The van der Waals surface area contributed by atoms with Crippen LogP contribution >= 0.6 is 11.8 Å². The molecule has 0 fully saturated rings. The number of carbonyl (C=O) groups excluding carboxylic acids is 2. The zero-order valence-electron chi connectivity index (χ0n) is 16.6. The van der Waals surface area contributed by atoms with Crippen molar-refractivity contribution >= 4 is 40.9 Å². The number of aryl methyl sites for hydroxylation is 1. The smallest absolute Gasteiger partial charge is 0.328 e. The number of amides is 2. The van der Waals surface area contributed by atoms with E-state index in [1.807, 2.05) is 45.0 Å². The first kappa shape index (κ1) is 22.2. The summed E-state index contributed by atoms with van der Waals surface area (Å²) in [7, 11) is 0. The third kappa shape index (κ3) is 6.80. The van der Waals surface area contributed by atoms with Crippen LogP contribution in [0.2, 0.25) is 0 Å². The van der Waals surface area contributed by atoms with Gasteiger partial charge < -0.3 is 15.7 Å². The van der Waals surface area contributed by atoms with Crippen LogP contribution in [0.1, 0.15) is 24.5 Å². The fourth-order valence-corrected chi connectivity index (χ4v) is 3.58. The minimum atomic E-state index is -1.19. The van der Waals surface area contributed by atoms with Crippen molar-refractivity contribution in [2.75, 3.05) is 10.6 Å². The second-order valence-electron chi connectivity index (χ2n) is 6.44. The highest BCUT2D eigenvalue weighted by Gasteiger charge is 2.19. The molecule has 2 aromatic carbocycles. The molecule has 29 heavy (non-hydrogen) atoms. The maximum absolute atomic E-state index is 12.8. The average Bonchev–Trinajstić information content (AvgIpc) is 2.68. The molecule has 0 saturated heterocycles. The number of anilines is 2. The van der Waals surface area contributed by atoms with Gasteiger partial charge in [-0.25, -0.2) is 4.79 Å². The molecule has 0 aliphatic carbocycles. The molecule has 0 heterocycles. The lowest BCUT2D eigenvalue weighted by Crippen LogP contribution is -2.25. The molecule has 7 heteroatoms. The zero-order chi connectivity index (χ0) is 21.4. The molecule has 0 radical (unpaired) electrons. The van der Waals surface area contributed by atoms with Crippen LogP contribution in [0, 0.1) is 13.8 Å². The Labute approximate surface area is 174 Å². The molecule has 2 aromatic rings. The topological polar surface area (TPSA) is 95.5 Å². The fourth-order valence-electron chi connectivity index (χ4n) is 2.56. The molecule has 1 unspecified atom stereocenters. The molecule has 6 nitrogen and oxygen atoms in total. The summed E-state index contributed by atoms with van der Waals surface area (Å²) >= 11 is 1.41. The second-order valence-corrected chi connectivity index (χ2v) is 7.72. The van der Waals surface area contributed by atoms with Gasteiger partial charge in [0.1, 0.15) is 0 Å². The van der Waals surface area contributed by atoms with E-state index in [0.717, 1.165) is 33.9 Å². The predicted octanol–water partition coefficient (Wildman–Crippen LogP) is 4.39. The Kier molecular flexibility index (Phi) is 8.03. The van der Waals surface area contributed by atoms with Gasteiger partial charge in [0.25, 0.3) is 0 Å². The number of carboxylic acid groups (broad SMARTS) is 1. The van der Waals surface area contributed by atoms with Crippen LogP contribution in [0.4, 0.5) is 11.4 Å². The number of aliphatic carboxylic acids is 1. The van der Waals surface area contributed by atoms with E-state index >= 15 is 0 Å². The van der Waals surface area contributed by atoms with Crippen molar-refractivity contribution in [1.82, 2.24) is 0 Å². The summed E-state index contributed by atoms with van der Waals surface area (Å²) in [6.45, 7) is 5.93. The Morgan fingerprint density at radius 3 is 2.48 bits per heavy atom. The lowest BCUT2D eigenvalue weighted by molar-refractivity contribution is -0.131. The van der Waals surface area contributed by atoms with Gasteiger partial charge in [0, 0.05) is 28.4 Å². The summed E-state index contributed by atoms with van der Waals surface area (Å²) < 4.78 is 0. The lowest BCUT2D eigenvalue weighted by Gasteiger charge is -2.17. The average molecular weight is 413 g/mol. The third-order valence-electron chi connectivity index (χ3n) is 4.28. The van der Waals surface area contributed by atoms with E-state index in [-0.39, 0.29) is 11.2 Å². The summed E-state index contributed by atoms with van der Waals surface area (Å²) in [4.78, 5) is 35.8. The van der Waals surface area contributed by atoms with Crippen molar-refractivity contribution < 1.29 is 19.5 Å². The highest BCUT2D eigenvalue weighted by molar-refractivity contribution is 8.00. The molecule has 152 valence electrons. The number of hydrogen-bond acceptors (Lipinski definition) is 4. The van der Waals surface area contributed by atoms with E-state index in [2.05, 4.69) is 10.6 Å². The molecule has 0 aliphatic heterocycles. The number of thioether (sulfide) groups is 1. The Hall–Kier alpha value is -3.06. The maximum Gasteiger partial charge on any atom is 0.328 e. The minimum absolute atomic E-state index is 0.0787. The first-order valence-corrected chi connectivity index (χ1v) is 10.0. The van der Waals surface area contributed by atoms with Gasteiger partial charge in [-0.2, -0.15) is 0 Å². The molecule has 1 atom stereocenters. The summed E-state index contributed by atoms with van der Waals surface area (Å²) in [5, 5.41) is 13.9. The van der Waals surface area contributed by atoms with E-state index in [1.54, 1.807) is 18.2 Å². The standard InChI is InChI=1S/C22H24N2O4S/c1-4-19(22(28)24-18-10-5-7-14(2)15(18)3)29-17-9-6-8-16(13-17)23-20(25)11-12-21(26)27/h5-13,19H,4H2,1-3H3,(H,23,25)(H,24,28)(H,26,27)/b12-11+. The number of rotatable bonds is 8. The molecule has 0 spiro atoms. The van der Waals surface area contributed by atoms with Gasteiger partial charge >= 0.3 is 5.97 Å². The Morgan fingerprint density at radius 2 is 1.79 bits per heavy atom. The SMILES string of the molecule is CCC(Sc1cccc(NC(=O)/C=C/C(=O)O)c1)C(=O)Nc1cccc(C)c1C. The van der Waals surface area contributed by atoms with Gasteiger partial charge in [-0.05, 0) is 55.7 Å². The Bertz CT molecular complexity index is 940. The molecule has 2 amide bonds.